The second-order valence-electron chi connectivity index (χ2n) is 10.3. The Morgan fingerprint density at radius 3 is 2.28 bits per heavy atom. The molecule has 2 heterocycles. The molecule has 198 valence electrons. The lowest BCUT2D eigenvalue weighted by Gasteiger charge is -2.38. The molecular formula is C34H34N2O3. The summed E-state index contributed by atoms with van der Waals surface area (Å²) in [6.45, 7) is 6.45. The number of unbranched alkanes of at least 4 members (excludes halogenated alkanes) is 2. The highest BCUT2D eigenvalue weighted by Crippen LogP contribution is 2.58. The Kier molecular flexibility index (Phi) is 6.74. The van der Waals surface area contributed by atoms with E-state index in [4.69, 9.17) is 9.47 Å². The summed E-state index contributed by atoms with van der Waals surface area (Å²) in [5, 5.41) is 3.56. The number of carbonyl (C=O) groups excluding carboxylic acids is 1. The number of benzene rings is 4. The van der Waals surface area contributed by atoms with Gasteiger partial charge in [0.15, 0.2) is 5.60 Å². The SMILES string of the molecule is CCCCN(CCCC)c1ccc2c(c1)Oc1cccc(Nc3ccccc3)c1C21OC(=O)c2ccccc21. The van der Waals surface area contributed by atoms with Gasteiger partial charge in [0, 0.05) is 41.7 Å². The molecule has 4 aromatic rings. The van der Waals surface area contributed by atoms with Crippen molar-refractivity contribution in [3.8, 4) is 11.5 Å². The fourth-order valence-corrected chi connectivity index (χ4v) is 5.77. The molecule has 39 heavy (non-hydrogen) atoms. The van der Waals surface area contributed by atoms with Crippen LogP contribution < -0.4 is 15.0 Å². The van der Waals surface area contributed by atoms with Crippen molar-refractivity contribution in [2.75, 3.05) is 23.3 Å². The summed E-state index contributed by atoms with van der Waals surface area (Å²) in [7, 11) is 0. The normalized spacial score (nSPS) is 16.6. The first-order valence-corrected chi connectivity index (χ1v) is 14.0. The minimum Gasteiger partial charge on any atom is -0.456 e. The molecule has 0 aliphatic carbocycles. The predicted octanol–water partition coefficient (Wildman–Crippen LogP) is 8.40. The second kappa shape index (κ2) is 10.5. The summed E-state index contributed by atoms with van der Waals surface area (Å²) in [4.78, 5) is 15.8. The molecule has 1 atom stereocenters. The number of rotatable bonds is 9. The van der Waals surface area contributed by atoms with Gasteiger partial charge in [-0.25, -0.2) is 4.79 Å². The third-order valence-electron chi connectivity index (χ3n) is 7.70. The Hall–Kier alpha value is -4.25. The number of nitrogens with zero attached hydrogens (tertiary/aromatic N) is 1. The highest BCUT2D eigenvalue weighted by molar-refractivity contribution is 5.97. The Morgan fingerprint density at radius 2 is 1.51 bits per heavy atom. The van der Waals surface area contributed by atoms with Crippen LogP contribution in [0.3, 0.4) is 0 Å². The zero-order chi connectivity index (χ0) is 26.8. The van der Waals surface area contributed by atoms with Crippen LogP contribution in [0.5, 0.6) is 11.5 Å². The van der Waals surface area contributed by atoms with Crippen LogP contribution >= 0.6 is 0 Å². The molecule has 1 unspecified atom stereocenters. The Morgan fingerprint density at radius 1 is 0.769 bits per heavy atom. The van der Waals surface area contributed by atoms with Crippen LogP contribution in [-0.4, -0.2) is 19.1 Å². The quantitative estimate of drug-likeness (QED) is 0.225. The lowest BCUT2D eigenvalue weighted by Crippen LogP contribution is -2.34. The van der Waals surface area contributed by atoms with Gasteiger partial charge < -0.3 is 19.7 Å². The van der Waals surface area contributed by atoms with Crippen molar-refractivity contribution in [2.45, 2.75) is 45.1 Å². The van der Waals surface area contributed by atoms with E-state index in [-0.39, 0.29) is 5.97 Å². The van der Waals surface area contributed by atoms with E-state index in [0.717, 1.165) is 78.3 Å². The van der Waals surface area contributed by atoms with Gasteiger partial charge in [0.2, 0.25) is 0 Å². The lowest BCUT2D eigenvalue weighted by atomic mass is 9.77. The predicted molar refractivity (Wildman–Crippen MR) is 156 cm³/mol. The molecule has 0 fully saturated rings. The van der Waals surface area contributed by atoms with Crippen LogP contribution in [0.4, 0.5) is 17.1 Å². The van der Waals surface area contributed by atoms with Crippen molar-refractivity contribution in [1.29, 1.82) is 0 Å². The number of esters is 1. The maximum atomic E-state index is 13.3. The highest BCUT2D eigenvalue weighted by atomic mass is 16.6. The van der Waals surface area contributed by atoms with Crippen molar-refractivity contribution < 1.29 is 14.3 Å². The number of hydrogen-bond acceptors (Lipinski definition) is 5. The van der Waals surface area contributed by atoms with E-state index < -0.39 is 5.60 Å². The number of ether oxygens (including phenoxy) is 2. The lowest BCUT2D eigenvalue weighted by molar-refractivity contribution is 0.0227. The van der Waals surface area contributed by atoms with Crippen LogP contribution in [0, 0.1) is 0 Å². The first-order chi connectivity index (χ1) is 19.2. The minimum atomic E-state index is -1.12. The molecule has 6 rings (SSSR count). The van der Waals surface area contributed by atoms with E-state index in [2.05, 4.69) is 42.3 Å². The average molecular weight is 519 g/mol. The van der Waals surface area contributed by atoms with Crippen molar-refractivity contribution in [3.63, 3.8) is 0 Å². The molecule has 5 nitrogen and oxygen atoms in total. The van der Waals surface area contributed by atoms with Crippen molar-refractivity contribution in [3.05, 3.63) is 113 Å². The van der Waals surface area contributed by atoms with E-state index in [1.54, 1.807) is 0 Å². The first kappa shape index (κ1) is 25.1. The van der Waals surface area contributed by atoms with Crippen molar-refractivity contribution in [2.24, 2.45) is 0 Å². The van der Waals surface area contributed by atoms with Gasteiger partial charge >= 0.3 is 5.97 Å². The molecule has 0 bridgehead atoms. The van der Waals surface area contributed by atoms with E-state index >= 15 is 0 Å². The molecule has 0 saturated heterocycles. The standard InChI is InChI=1S/C34H34N2O3/c1-3-5-21-36(22-6-4-2)25-19-20-28-31(23-25)38-30-18-12-17-29(35-24-13-8-7-9-14-24)32(30)34(28)27-16-11-10-15-26(27)33(37)39-34/h7-20,23,35H,3-6,21-22H2,1-2H3. The number of anilines is 3. The summed E-state index contributed by atoms with van der Waals surface area (Å²) < 4.78 is 13.1. The van der Waals surface area contributed by atoms with Gasteiger partial charge in [-0.2, -0.15) is 0 Å². The molecule has 5 heteroatoms. The third kappa shape index (κ3) is 4.32. The van der Waals surface area contributed by atoms with E-state index in [1.807, 2.05) is 72.8 Å². The van der Waals surface area contributed by atoms with Crippen molar-refractivity contribution in [1.82, 2.24) is 0 Å². The molecule has 1 spiro atoms. The monoisotopic (exact) mass is 518 g/mol. The number of carbonyl (C=O) groups is 1. The first-order valence-electron chi connectivity index (χ1n) is 14.0. The molecule has 0 amide bonds. The number of fused-ring (bicyclic) bond motifs is 6. The third-order valence-corrected chi connectivity index (χ3v) is 7.70. The maximum absolute atomic E-state index is 13.3. The summed E-state index contributed by atoms with van der Waals surface area (Å²) in [6.07, 6.45) is 4.55. The number of nitrogens with one attached hydrogen (secondary N) is 1. The van der Waals surface area contributed by atoms with Crippen LogP contribution in [0.25, 0.3) is 0 Å². The zero-order valence-corrected chi connectivity index (χ0v) is 22.6. The molecule has 1 N–H and O–H groups in total. The minimum absolute atomic E-state index is 0.324. The summed E-state index contributed by atoms with van der Waals surface area (Å²) in [6, 6.07) is 30.0. The van der Waals surface area contributed by atoms with E-state index in [0.29, 0.717) is 11.3 Å². The van der Waals surface area contributed by atoms with Gasteiger partial charge in [0.1, 0.15) is 11.5 Å². The second-order valence-corrected chi connectivity index (χ2v) is 10.3. The Balaban J connectivity index is 1.53. The molecule has 2 aliphatic heterocycles. The van der Waals surface area contributed by atoms with Gasteiger partial charge in [0.05, 0.1) is 16.8 Å². The maximum Gasteiger partial charge on any atom is 0.340 e. The van der Waals surface area contributed by atoms with Crippen LogP contribution in [0.1, 0.15) is 66.6 Å². The molecule has 0 saturated carbocycles. The summed E-state index contributed by atoms with van der Waals surface area (Å²) in [5.74, 6) is 1.08. The van der Waals surface area contributed by atoms with Gasteiger partial charge in [0.25, 0.3) is 0 Å². The van der Waals surface area contributed by atoms with Gasteiger partial charge in [-0.05, 0) is 55.3 Å². The van der Waals surface area contributed by atoms with Gasteiger partial charge in [-0.1, -0.05) is 69.2 Å². The molecular weight excluding hydrogens is 484 g/mol. The smallest absolute Gasteiger partial charge is 0.340 e. The highest BCUT2D eigenvalue weighted by Gasteiger charge is 2.54. The largest absolute Gasteiger partial charge is 0.456 e. The van der Waals surface area contributed by atoms with Gasteiger partial charge in [-0.15, -0.1) is 0 Å². The van der Waals surface area contributed by atoms with Crippen LogP contribution in [0.2, 0.25) is 0 Å². The van der Waals surface area contributed by atoms with Crippen molar-refractivity contribution >= 4 is 23.0 Å². The molecule has 2 aliphatic rings. The van der Waals surface area contributed by atoms with E-state index in [9.17, 15) is 4.79 Å². The van der Waals surface area contributed by atoms with E-state index in [1.165, 1.54) is 0 Å². The van der Waals surface area contributed by atoms with Crippen LogP contribution in [0.15, 0.2) is 91.0 Å². The molecule has 0 radical (unpaired) electrons. The number of hydrogen-bond donors (Lipinski definition) is 1. The van der Waals surface area contributed by atoms with Gasteiger partial charge in [-0.3, -0.25) is 0 Å². The Labute approximate surface area is 230 Å². The fraction of sp³-hybridized carbons (Fsp3) is 0.265. The Bertz CT molecular complexity index is 1490. The molecule has 4 aromatic carbocycles. The summed E-state index contributed by atoms with van der Waals surface area (Å²) >= 11 is 0. The topological polar surface area (TPSA) is 50.8 Å². The van der Waals surface area contributed by atoms with Crippen LogP contribution in [-0.2, 0) is 10.3 Å². The summed E-state index contributed by atoms with van der Waals surface area (Å²) in [5.41, 5.74) is 4.86. The average Bonchev–Trinajstić information content (AvgIpc) is 3.26. The zero-order valence-electron chi connectivity index (χ0n) is 22.6. The number of para-hydroxylation sites is 1. The molecule has 0 aromatic heterocycles. The fourth-order valence-electron chi connectivity index (χ4n) is 5.77.